The van der Waals surface area contributed by atoms with Gasteiger partial charge in [0.15, 0.2) is 23.0 Å². The highest BCUT2D eigenvalue weighted by Crippen LogP contribution is 2.54. The minimum Gasteiger partial charge on any atom is -0.454 e. The summed E-state index contributed by atoms with van der Waals surface area (Å²) < 4.78 is 22.4. The van der Waals surface area contributed by atoms with Crippen LogP contribution in [0.25, 0.3) is 21.9 Å². The SMILES string of the molecule is CN1c2c(ccc3cc4c(cc23)OCO4)-c2ccc3c(c2C1CO)OCO3. The molecule has 3 aliphatic heterocycles. The van der Waals surface area contributed by atoms with Crippen LogP contribution in [0.1, 0.15) is 11.6 Å². The van der Waals surface area contributed by atoms with E-state index in [1.807, 2.05) is 25.2 Å². The first-order valence-corrected chi connectivity index (χ1v) is 8.89. The summed E-state index contributed by atoms with van der Waals surface area (Å²) in [6.07, 6.45) is 0. The zero-order valence-corrected chi connectivity index (χ0v) is 14.7. The maximum atomic E-state index is 10.2. The molecule has 3 aliphatic rings. The van der Waals surface area contributed by atoms with Crippen molar-refractivity contribution in [3.8, 4) is 34.1 Å². The second-order valence-electron chi connectivity index (χ2n) is 6.96. The molecule has 1 atom stereocenters. The summed E-state index contributed by atoms with van der Waals surface area (Å²) in [5.74, 6) is 2.98. The number of aliphatic hydroxyl groups excluding tert-OH is 1. The highest BCUT2D eigenvalue weighted by atomic mass is 16.7. The number of hydrogen-bond acceptors (Lipinski definition) is 6. The fraction of sp³-hybridized carbons (Fsp3) is 0.238. The molecule has 6 rings (SSSR count). The number of likely N-dealkylation sites (N-methyl/N-ethyl adjacent to an activating group) is 1. The molecule has 0 fully saturated rings. The Morgan fingerprint density at radius 1 is 0.926 bits per heavy atom. The monoisotopic (exact) mass is 363 g/mol. The van der Waals surface area contributed by atoms with E-state index in [0.717, 1.165) is 56.1 Å². The van der Waals surface area contributed by atoms with Gasteiger partial charge >= 0.3 is 0 Å². The topological polar surface area (TPSA) is 60.4 Å². The van der Waals surface area contributed by atoms with E-state index in [1.54, 1.807) is 0 Å². The van der Waals surface area contributed by atoms with E-state index in [9.17, 15) is 5.11 Å². The Labute approximate surface area is 155 Å². The average molecular weight is 363 g/mol. The minimum atomic E-state index is -0.222. The van der Waals surface area contributed by atoms with Crippen molar-refractivity contribution >= 4 is 16.5 Å². The quantitative estimate of drug-likeness (QED) is 0.715. The minimum absolute atomic E-state index is 0.0241. The molecule has 27 heavy (non-hydrogen) atoms. The van der Waals surface area contributed by atoms with E-state index in [4.69, 9.17) is 18.9 Å². The number of hydrogen-bond donors (Lipinski definition) is 1. The largest absolute Gasteiger partial charge is 0.454 e. The molecule has 0 radical (unpaired) electrons. The lowest BCUT2D eigenvalue weighted by atomic mass is 9.85. The summed E-state index contributed by atoms with van der Waals surface area (Å²) in [6, 6.07) is 12.0. The van der Waals surface area contributed by atoms with Crippen LogP contribution in [0.2, 0.25) is 0 Å². The van der Waals surface area contributed by atoms with Crippen LogP contribution >= 0.6 is 0 Å². The van der Waals surface area contributed by atoms with Gasteiger partial charge in [-0.25, -0.2) is 0 Å². The Morgan fingerprint density at radius 2 is 1.67 bits per heavy atom. The first-order valence-electron chi connectivity index (χ1n) is 8.89. The molecular formula is C21H17NO5. The Morgan fingerprint density at radius 3 is 2.52 bits per heavy atom. The second-order valence-corrected chi connectivity index (χ2v) is 6.96. The van der Waals surface area contributed by atoms with Crippen LogP contribution in [0.4, 0.5) is 5.69 Å². The fourth-order valence-corrected chi connectivity index (χ4v) is 4.42. The van der Waals surface area contributed by atoms with Gasteiger partial charge in [0.25, 0.3) is 0 Å². The van der Waals surface area contributed by atoms with Crippen molar-refractivity contribution in [3.63, 3.8) is 0 Å². The molecule has 0 spiro atoms. The van der Waals surface area contributed by atoms with E-state index in [2.05, 4.69) is 23.1 Å². The molecule has 0 bridgehead atoms. The fourth-order valence-electron chi connectivity index (χ4n) is 4.42. The Bertz CT molecular complexity index is 1110. The van der Waals surface area contributed by atoms with Crippen LogP contribution in [0, 0.1) is 0 Å². The van der Waals surface area contributed by atoms with Gasteiger partial charge in [0.05, 0.1) is 18.3 Å². The molecule has 136 valence electrons. The summed E-state index contributed by atoms with van der Waals surface area (Å²) in [5, 5.41) is 12.4. The third-order valence-corrected chi connectivity index (χ3v) is 5.68. The van der Waals surface area contributed by atoms with E-state index < -0.39 is 0 Å². The maximum absolute atomic E-state index is 10.2. The third kappa shape index (κ3) is 1.88. The predicted octanol–water partition coefficient (Wildman–Crippen LogP) is 3.45. The van der Waals surface area contributed by atoms with Crippen LogP contribution in [0.5, 0.6) is 23.0 Å². The molecule has 1 unspecified atom stereocenters. The van der Waals surface area contributed by atoms with Crippen LogP contribution in [-0.4, -0.2) is 32.3 Å². The second kappa shape index (κ2) is 5.20. The lowest BCUT2D eigenvalue weighted by Crippen LogP contribution is -2.31. The van der Waals surface area contributed by atoms with Crippen molar-refractivity contribution in [2.75, 3.05) is 32.1 Å². The molecule has 6 nitrogen and oxygen atoms in total. The number of fused-ring (bicyclic) bond motifs is 8. The third-order valence-electron chi connectivity index (χ3n) is 5.68. The molecule has 0 saturated carbocycles. The predicted molar refractivity (Wildman–Crippen MR) is 99.9 cm³/mol. The number of nitrogens with zero attached hydrogens (tertiary/aromatic N) is 1. The van der Waals surface area contributed by atoms with E-state index in [0.29, 0.717) is 0 Å². The first-order chi connectivity index (χ1) is 13.3. The highest BCUT2D eigenvalue weighted by molar-refractivity contribution is 6.05. The van der Waals surface area contributed by atoms with Gasteiger partial charge in [-0.3, -0.25) is 0 Å². The van der Waals surface area contributed by atoms with E-state index >= 15 is 0 Å². The van der Waals surface area contributed by atoms with Crippen molar-refractivity contribution < 1.29 is 24.1 Å². The van der Waals surface area contributed by atoms with Crippen LogP contribution in [0.15, 0.2) is 36.4 Å². The number of anilines is 1. The summed E-state index contributed by atoms with van der Waals surface area (Å²) in [6.45, 7) is 0.431. The van der Waals surface area contributed by atoms with Gasteiger partial charge in [-0.2, -0.15) is 0 Å². The Balaban J connectivity index is 1.68. The zero-order chi connectivity index (χ0) is 18.1. The Kier molecular flexibility index (Phi) is 2.89. The number of aliphatic hydroxyl groups is 1. The first kappa shape index (κ1) is 15.0. The number of ether oxygens (including phenoxy) is 4. The van der Waals surface area contributed by atoms with Crippen molar-refractivity contribution in [3.05, 3.63) is 42.0 Å². The van der Waals surface area contributed by atoms with Gasteiger partial charge in [-0.05, 0) is 35.2 Å². The molecule has 3 heterocycles. The standard InChI is InChI=1S/C21H17NO5/c1-22-15(8-23)19-12(4-5-16-21(19)27-10-24-16)13-3-2-11-6-17-18(26-9-25-17)7-14(11)20(13)22/h2-7,15,23H,8-10H2,1H3. The average Bonchev–Trinajstić information content (AvgIpc) is 3.34. The molecule has 0 aliphatic carbocycles. The molecule has 3 aromatic carbocycles. The normalized spacial score (nSPS) is 18.6. The van der Waals surface area contributed by atoms with E-state index in [1.165, 1.54) is 0 Å². The van der Waals surface area contributed by atoms with Gasteiger partial charge in [0.2, 0.25) is 13.6 Å². The Hall–Kier alpha value is -3.12. The highest BCUT2D eigenvalue weighted by Gasteiger charge is 2.35. The van der Waals surface area contributed by atoms with Crippen molar-refractivity contribution in [1.29, 1.82) is 0 Å². The summed E-state index contributed by atoms with van der Waals surface area (Å²) >= 11 is 0. The lowest BCUT2D eigenvalue weighted by molar-refractivity contribution is 0.172. The number of benzene rings is 3. The molecule has 3 aromatic rings. The van der Waals surface area contributed by atoms with Crippen LogP contribution in [-0.2, 0) is 0 Å². The molecule has 0 aromatic heterocycles. The van der Waals surface area contributed by atoms with Gasteiger partial charge in [-0.1, -0.05) is 12.1 Å². The zero-order valence-electron chi connectivity index (χ0n) is 14.7. The smallest absolute Gasteiger partial charge is 0.231 e. The molecule has 6 heteroatoms. The van der Waals surface area contributed by atoms with Crippen LogP contribution < -0.4 is 23.8 Å². The summed E-state index contributed by atoms with van der Waals surface area (Å²) in [7, 11) is 2.00. The van der Waals surface area contributed by atoms with Crippen molar-refractivity contribution in [2.24, 2.45) is 0 Å². The van der Waals surface area contributed by atoms with Gasteiger partial charge < -0.3 is 29.0 Å². The lowest BCUT2D eigenvalue weighted by Gasteiger charge is -2.38. The maximum Gasteiger partial charge on any atom is 0.231 e. The molecular weight excluding hydrogens is 346 g/mol. The van der Waals surface area contributed by atoms with Crippen molar-refractivity contribution in [2.45, 2.75) is 6.04 Å². The molecule has 0 amide bonds. The number of rotatable bonds is 1. The van der Waals surface area contributed by atoms with Crippen LogP contribution in [0.3, 0.4) is 0 Å². The van der Waals surface area contributed by atoms with Gasteiger partial charge in [0.1, 0.15) is 0 Å². The summed E-state index contributed by atoms with van der Waals surface area (Å²) in [4.78, 5) is 2.12. The van der Waals surface area contributed by atoms with E-state index in [-0.39, 0.29) is 26.2 Å². The van der Waals surface area contributed by atoms with Crippen molar-refractivity contribution in [1.82, 2.24) is 0 Å². The molecule has 1 N–H and O–H groups in total. The summed E-state index contributed by atoms with van der Waals surface area (Å²) in [5.41, 5.74) is 4.20. The van der Waals surface area contributed by atoms with Gasteiger partial charge in [-0.15, -0.1) is 0 Å². The molecule has 0 saturated heterocycles. The van der Waals surface area contributed by atoms with Gasteiger partial charge in [0, 0.05) is 23.6 Å².